The second-order valence-corrected chi connectivity index (χ2v) is 6.15. The van der Waals surface area contributed by atoms with E-state index in [1.54, 1.807) is 24.3 Å². The predicted molar refractivity (Wildman–Crippen MR) is 98.5 cm³/mol. The lowest BCUT2D eigenvalue weighted by molar-refractivity contribution is -0.122. The van der Waals surface area contributed by atoms with Crippen LogP contribution in [0.3, 0.4) is 0 Å². The molecule has 1 N–H and O–H groups in total. The van der Waals surface area contributed by atoms with Crippen molar-refractivity contribution < 1.29 is 19.1 Å². The fourth-order valence-electron chi connectivity index (χ4n) is 2.41. The predicted octanol–water partition coefficient (Wildman–Crippen LogP) is 3.67. The molecule has 2 aromatic carbocycles. The van der Waals surface area contributed by atoms with Crippen molar-refractivity contribution in [2.75, 3.05) is 12.0 Å². The molecule has 26 heavy (non-hydrogen) atoms. The number of ether oxygens (including phenoxy) is 1. The SMILES string of the molecule is COc1cccc(/C=C2/C(=O)NC(=O)N(c3ccc(Cl)c(Cl)c3)C2=O)c1. The molecule has 4 amide bonds. The molecule has 2 aromatic rings. The van der Waals surface area contributed by atoms with E-state index in [1.807, 2.05) is 0 Å². The van der Waals surface area contributed by atoms with Crippen LogP contribution in [0.4, 0.5) is 10.5 Å². The number of barbiturate groups is 1. The molecule has 1 heterocycles. The van der Waals surface area contributed by atoms with Crippen LogP contribution in [0.15, 0.2) is 48.0 Å². The Morgan fingerprint density at radius 1 is 1.04 bits per heavy atom. The minimum atomic E-state index is -0.860. The van der Waals surface area contributed by atoms with Crippen LogP contribution in [0.1, 0.15) is 5.56 Å². The Morgan fingerprint density at radius 3 is 2.50 bits per heavy atom. The van der Waals surface area contributed by atoms with Gasteiger partial charge in [0.15, 0.2) is 0 Å². The Morgan fingerprint density at radius 2 is 1.81 bits per heavy atom. The highest BCUT2D eigenvalue weighted by Crippen LogP contribution is 2.29. The van der Waals surface area contributed by atoms with Gasteiger partial charge in [0.1, 0.15) is 11.3 Å². The zero-order valence-corrected chi connectivity index (χ0v) is 15.0. The molecular formula is C18H12Cl2N2O4. The van der Waals surface area contributed by atoms with E-state index < -0.39 is 17.8 Å². The molecule has 0 saturated carbocycles. The van der Waals surface area contributed by atoms with Crippen molar-refractivity contribution in [2.24, 2.45) is 0 Å². The number of hydrogen-bond donors (Lipinski definition) is 1. The van der Waals surface area contributed by atoms with Crippen LogP contribution in [-0.2, 0) is 9.59 Å². The van der Waals surface area contributed by atoms with Crippen LogP contribution in [0, 0.1) is 0 Å². The molecule has 0 spiro atoms. The summed E-state index contributed by atoms with van der Waals surface area (Å²) in [6.07, 6.45) is 1.39. The van der Waals surface area contributed by atoms with Crippen LogP contribution in [0.5, 0.6) is 5.75 Å². The van der Waals surface area contributed by atoms with E-state index >= 15 is 0 Å². The largest absolute Gasteiger partial charge is 0.497 e. The highest BCUT2D eigenvalue weighted by atomic mass is 35.5. The summed E-state index contributed by atoms with van der Waals surface area (Å²) in [5.41, 5.74) is 0.584. The smallest absolute Gasteiger partial charge is 0.335 e. The van der Waals surface area contributed by atoms with Gasteiger partial charge in [-0.3, -0.25) is 14.9 Å². The highest BCUT2D eigenvalue weighted by molar-refractivity contribution is 6.43. The number of nitrogens with one attached hydrogen (secondary N) is 1. The monoisotopic (exact) mass is 390 g/mol. The molecule has 3 rings (SSSR count). The van der Waals surface area contributed by atoms with Crippen molar-refractivity contribution in [2.45, 2.75) is 0 Å². The maximum Gasteiger partial charge on any atom is 0.335 e. The molecule has 1 saturated heterocycles. The summed E-state index contributed by atoms with van der Waals surface area (Å²) in [4.78, 5) is 37.9. The first-order valence-corrected chi connectivity index (χ1v) is 8.17. The zero-order valence-electron chi connectivity index (χ0n) is 13.5. The summed E-state index contributed by atoms with van der Waals surface area (Å²) in [5.74, 6) is -0.973. The maximum absolute atomic E-state index is 12.8. The molecule has 0 radical (unpaired) electrons. The number of anilines is 1. The topological polar surface area (TPSA) is 75.7 Å². The van der Waals surface area contributed by atoms with Gasteiger partial charge < -0.3 is 4.74 Å². The van der Waals surface area contributed by atoms with E-state index in [0.29, 0.717) is 11.3 Å². The van der Waals surface area contributed by atoms with E-state index in [4.69, 9.17) is 27.9 Å². The van der Waals surface area contributed by atoms with Crippen LogP contribution in [-0.4, -0.2) is 25.0 Å². The third kappa shape index (κ3) is 3.42. The summed E-state index contributed by atoms with van der Waals surface area (Å²) in [6.45, 7) is 0. The zero-order chi connectivity index (χ0) is 18.8. The number of carbonyl (C=O) groups is 3. The van der Waals surface area contributed by atoms with Crippen molar-refractivity contribution in [3.63, 3.8) is 0 Å². The van der Waals surface area contributed by atoms with E-state index in [2.05, 4.69) is 5.32 Å². The molecular weight excluding hydrogens is 379 g/mol. The van der Waals surface area contributed by atoms with Crippen molar-refractivity contribution in [3.8, 4) is 5.75 Å². The first kappa shape index (κ1) is 18.0. The molecule has 0 unspecified atom stereocenters. The van der Waals surface area contributed by atoms with Crippen molar-refractivity contribution >= 4 is 52.8 Å². The lowest BCUT2D eigenvalue weighted by Gasteiger charge is -2.26. The first-order valence-electron chi connectivity index (χ1n) is 7.41. The first-order chi connectivity index (χ1) is 12.4. The van der Waals surface area contributed by atoms with E-state index in [9.17, 15) is 14.4 Å². The molecule has 0 bridgehead atoms. The van der Waals surface area contributed by atoms with Crippen molar-refractivity contribution in [3.05, 3.63) is 63.6 Å². The highest BCUT2D eigenvalue weighted by Gasteiger charge is 2.37. The van der Waals surface area contributed by atoms with Gasteiger partial charge >= 0.3 is 6.03 Å². The number of nitrogens with zero attached hydrogens (tertiary/aromatic N) is 1. The molecule has 8 heteroatoms. The van der Waals surface area contributed by atoms with Gasteiger partial charge in [-0.25, -0.2) is 9.69 Å². The van der Waals surface area contributed by atoms with E-state index in [0.717, 1.165) is 4.90 Å². The Labute approximate surface area is 158 Å². The van der Waals surface area contributed by atoms with Gasteiger partial charge in [-0.2, -0.15) is 0 Å². The molecule has 1 aliphatic heterocycles. The van der Waals surface area contributed by atoms with Gasteiger partial charge in [-0.1, -0.05) is 35.3 Å². The quantitative estimate of drug-likeness (QED) is 0.640. The summed E-state index contributed by atoms with van der Waals surface area (Å²) >= 11 is 11.8. The fourth-order valence-corrected chi connectivity index (χ4v) is 2.71. The van der Waals surface area contributed by atoms with Crippen molar-refractivity contribution in [1.82, 2.24) is 5.32 Å². The molecule has 0 aromatic heterocycles. The maximum atomic E-state index is 12.8. The summed E-state index contributed by atoms with van der Waals surface area (Å²) < 4.78 is 5.12. The number of carbonyl (C=O) groups excluding carboxylic acids is 3. The van der Waals surface area contributed by atoms with Crippen LogP contribution in [0.2, 0.25) is 10.0 Å². The third-order valence-electron chi connectivity index (χ3n) is 3.67. The van der Waals surface area contributed by atoms with Gasteiger partial charge in [-0.15, -0.1) is 0 Å². The number of amides is 4. The molecule has 6 nitrogen and oxygen atoms in total. The lowest BCUT2D eigenvalue weighted by atomic mass is 10.1. The summed E-state index contributed by atoms with van der Waals surface area (Å²) in [6, 6.07) is 10.3. The van der Waals surface area contributed by atoms with Crippen molar-refractivity contribution in [1.29, 1.82) is 0 Å². The van der Waals surface area contributed by atoms with Gasteiger partial charge in [0.25, 0.3) is 11.8 Å². The summed E-state index contributed by atoms with van der Waals surface area (Å²) in [7, 11) is 1.51. The summed E-state index contributed by atoms with van der Waals surface area (Å²) in [5, 5.41) is 2.60. The average Bonchev–Trinajstić information content (AvgIpc) is 2.61. The molecule has 1 aliphatic rings. The van der Waals surface area contributed by atoms with Gasteiger partial charge in [0.05, 0.1) is 22.8 Å². The Balaban J connectivity index is 2.02. The Bertz CT molecular complexity index is 956. The number of urea groups is 1. The van der Waals surface area contributed by atoms with Crippen LogP contribution >= 0.6 is 23.2 Å². The number of imide groups is 2. The molecule has 132 valence electrons. The number of hydrogen-bond acceptors (Lipinski definition) is 4. The second kappa shape index (κ2) is 7.19. The van der Waals surface area contributed by atoms with Crippen LogP contribution in [0.25, 0.3) is 6.08 Å². The fraction of sp³-hybridized carbons (Fsp3) is 0.0556. The number of rotatable bonds is 3. The third-order valence-corrected chi connectivity index (χ3v) is 4.41. The standard InChI is InChI=1S/C18H12Cl2N2O4/c1-26-12-4-2-3-10(7-12)8-13-16(23)21-18(25)22(17(13)24)11-5-6-14(19)15(20)9-11/h2-9H,1H3,(H,21,23,25)/b13-8-. The van der Waals surface area contributed by atoms with E-state index in [1.165, 1.54) is 31.4 Å². The van der Waals surface area contributed by atoms with Crippen LogP contribution < -0.4 is 15.0 Å². The molecule has 0 aliphatic carbocycles. The van der Waals surface area contributed by atoms with E-state index in [-0.39, 0.29) is 21.3 Å². The molecule has 0 atom stereocenters. The van der Waals surface area contributed by atoms with Gasteiger partial charge in [-0.05, 0) is 42.0 Å². The second-order valence-electron chi connectivity index (χ2n) is 5.33. The minimum Gasteiger partial charge on any atom is -0.497 e. The average molecular weight is 391 g/mol. The lowest BCUT2D eigenvalue weighted by Crippen LogP contribution is -2.54. The molecule has 1 fully saturated rings. The number of benzene rings is 2. The minimum absolute atomic E-state index is 0.181. The number of halogens is 2. The number of methoxy groups -OCH3 is 1. The Kier molecular flexibility index (Phi) is 4.97. The Hall–Kier alpha value is -2.83. The normalized spacial score (nSPS) is 16.0. The van der Waals surface area contributed by atoms with Gasteiger partial charge in [0, 0.05) is 0 Å². The van der Waals surface area contributed by atoms with Gasteiger partial charge in [0.2, 0.25) is 0 Å².